The minimum Gasteiger partial charge on any atom is -0.373 e. The highest BCUT2D eigenvalue weighted by Crippen LogP contribution is 2.36. The van der Waals surface area contributed by atoms with Gasteiger partial charge in [-0.3, -0.25) is 9.69 Å². The van der Waals surface area contributed by atoms with Crippen LogP contribution in [-0.2, 0) is 9.53 Å². The number of rotatable bonds is 5. The lowest BCUT2D eigenvalue weighted by Gasteiger charge is -2.51. The van der Waals surface area contributed by atoms with Crippen LogP contribution in [-0.4, -0.2) is 54.2 Å². The van der Waals surface area contributed by atoms with Crippen LogP contribution in [0.15, 0.2) is 0 Å². The van der Waals surface area contributed by atoms with Crippen LogP contribution in [0.4, 0.5) is 0 Å². The van der Waals surface area contributed by atoms with Gasteiger partial charge in [-0.15, -0.1) is 0 Å². The molecule has 0 aromatic heterocycles. The average Bonchev–Trinajstić information content (AvgIpc) is 2.51. The molecule has 1 amide bonds. The maximum Gasteiger partial charge on any atom is 0.236 e. The van der Waals surface area contributed by atoms with Crippen molar-refractivity contribution < 1.29 is 9.53 Å². The van der Waals surface area contributed by atoms with Crippen molar-refractivity contribution in [3.05, 3.63) is 0 Å². The largest absolute Gasteiger partial charge is 0.373 e. The first-order valence-electron chi connectivity index (χ1n) is 8.81. The highest BCUT2D eigenvalue weighted by molar-refractivity contribution is 5.81. The Bertz CT molecular complexity index is 378. The lowest BCUT2D eigenvalue weighted by Crippen LogP contribution is -2.63. The van der Waals surface area contributed by atoms with E-state index in [1.54, 1.807) is 0 Å². The third-order valence-corrected chi connectivity index (χ3v) is 5.25. The Morgan fingerprint density at radius 3 is 2.59 bits per heavy atom. The summed E-state index contributed by atoms with van der Waals surface area (Å²) in [6, 6.07) is -0.387. The van der Waals surface area contributed by atoms with Gasteiger partial charge in [0.15, 0.2) is 0 Å². The zero-order valence-corrected chi connectivity index (χ0v) is 14.5. The molecule has 128 valence electrons. The van der Waals surface area contributed by atoms with Gasteiger partial charge < -0.3 is 15.8 Å². The molecule has 1 aliphatic heterocycles. The standard InChI is InChI=1S/C17H33N3O2/c1-4-14(18)15(21)19-12-17(8-6-5-7-9-17)20-10-11-22-16(2,3)13-20/h14H,4-13,18H2,1-3H3,(H,19,21)/t14-/m0/s1. The molecule has 1 heterocycles. The van der Waals surface area contributed by atoms with Crippen LogP contribution in [0.3, 0.4) is 0 Å². The van der Waals surface area contributed by atoms with Crippen LogP contribution in [0.25, 0.3) is 0 Å². The van der Waals surface area contributed by atoms with E-state index in [0.29, 0.717) is 6.42 Å². The van der Waals surface area contributed by atoms with Gasteiger partial charge in [0.25, 0.3) is 0 Å². The predicted molar refractivity (Wildman–Crippen MR) is 88.7 cm³/mol. The number of morpholine rings is 1. The number of nitrogens with one attached hydrogen (secondary N) is 1. The Balaban J connectivity index is 2.05. The second-order valence-corrected chi connectivity index (χ2v) is 7.55. The predicted octanol–water partition coefficient (Wildman–Crippen LogP) is 1.65. The quantitative estimate of drug-likeness (QED) is 0.810. The normalized spacial score (nSPS) is 26.4. The summed E-state index contributed by atoms with van der Waals surface area (Å²) in [5, 5.41) is 3.12. The Hall–Kier alpha value is -0.650. The van der Waals surface area contributed by atoms with Gasteiger partial charge in [-0.05, 0) is 33.1 Å². The summed E-state index contributed by atoms with van der Waals surface area (Å²) in [7, 11) is 0. The minimum atomic E-state index is -0.387. The lowest BCUT2D eigenvalue weighted by atomic mass is 9.79. The van der Waals surface area contributed by atoms with E-state index in [0.717, 1.165) is 39.1 Å². The van der Waals surface area contributed by atoms with Gasteiger partial charge in [0.05, 0.1) is 18.2 Å². The molecule has 2 rings (SSSR count). The number of ether oxygens (including phenoxy) is 1. The first kappa shape index (κ1) is 17.7. The van der Waals surface area contributed by atoms with Crippen molar-refractivity contribution in [2.75, 3.05) is 26.2 Å². The summed E-state index contributed by atoms with van der Waals surface area (Å²) < 4.78 is 5.86. The molecule has 0 aromatic carbocycles. The van der Waals surface area contributed by atoms with Gasteiger partial charge in [-0.1, -0.05) is 26.2 Å². The van der Waals surface area contributed by atoms with E-state index in [9.17, 15) is 4.79 Å². The molecule has 1 saturated carbocycles. The zero-order valence-electron chi connectivity index (χ0n) is 14.5. The van der Waals surface area contributed by atoms with E-state index >= 15 is 0 Å². The fraction of sp³-hybridized carbons (Fsp3) is 0.941. The molecular weight excluding hydrogens is 278 g/mol. The van der Waals surface area contributed by atoms with Gasteiger partial charge in [0, 0.05) is 25.2 Å². The summed E-state index contributed by atoms with van der Waals surface area (Å²) in [6.07, 6.45) is 6.79. The smallest absolute Gasteiger partial charge is 0.236 e. The molecule has 0 radical (unpaired) electrons. The first-order chi connectivity index (χ1) is 10.4. The number of nitrogens with zero attached hydrogens (tertiary/aromatic N) is 1. The van der Waals surface area contributed by atoms with Gasteiger partial charge in [0.1, 0.15) is 0 Å². The molecule has 2 fully saturated rings. The minimum absolute atomic E-state index is 0.0139. The summed E-state index contributed by atoms with van der Waals surface area (Å²) in [4.78, 5) is 14.7. The van der Waals surface area contributed by atoms with Crippen LogP contribution in [0.2, 0.25) is 0 Å². The highest BCUT2D eigenvalue weighted by atomic mass is 16.5. The summed E-state index contributed by atoms with van der Waals surface area (Å²) in [5.74, 6) is -0.0139. The first-order valence-corrected chi connectivity index (χ1v) is 8.81. The molecule has 0 spiro atoms. The van der Waals surface area contributed by atoms with Crippen molar-refractivity contribution in [2.45, 2.75) is 76.5 Å². The zero-order chi connectivity index (χ0) is 16.2. The van der Waals surface area contributed by atoms with Crippen LogP contribution in [0.1, 0.15) is 59.3 Å². The number of nitrogens with two attached hydrogens (primary N) is 1. The number of carbonyl (C=O) groups is 1. The molecule has 1 saturated heterocycles. The number of hydrogen-bond acceptors (Lipinski definition) is 4. The van der Waals surface area contributed by atoms with Crippen LogP contribution < -0.4 is 11.1 Å². The Labute approximate surface area is 134 Å². The topological polar surface area (TPSA) is 67.6 Å². The van der Waals surface area contributed by atoms with Crippen molar-refractivity contribution in [3.8, 4) is 0 Å². The SMILES string of the molecule is CC[C@H](N)C(=O)NCC1(N2CCOC(C)(C)C2)CCCCC1. The number of hydrogen-bond donors (Lipinski definition) is 2. The Morgan fingerprint density at radius 2 is 2.00 bits per heavy atom. The van der Waals surface area contributed by atoms with E-state index < -0.39 is 0 Å². The lowest BCUT2D eigenvalue weighted by molar-refractivity contribution is -0.130. The number of carbonyl (C=O) groups excluding carboxylic acids is 1. The summed E-state index contributed by atoms with van der Waals surface area (Å²) in [6.45, 7) is 9.64. The molecule has 1 aliphatic carbocycles. The molecule has 0 aromatic rings. The third kappa shape index (κ3) is 4.21. The molecule has 5 heteroatoms. The highest BCUT2D eigenvalue weighted by Gasteiger charge is 2.42. The maximum atomic E-state index is 12.1. The van der Waals surface area contributed by atoms with E-state index in [1.165, 1.54) is 19.3 Å². The maximum absolute atomic E-state index is 12.1. The molecule has 2 aliphatic rings. The fourth-order valence-corrected chi connectivity index (χ4v) is 3.80. The Kier molecular flexibility index (Phi) is 5.86. The monoisotopic (exact) mass is 311 g/mol. The molecule has 3 N–H and O–H groups in total. The molecule has 1 atom stereocenters. The fourth-order valence-electron chi connectivity index (χ4n) is 3.80. The second kappa shape index (κ2) is 7.28. The molecular formula is C17H33N3O2. The van der Waals surface area contributed by atoms with Crippen molar-refractivity contribution in [1.82, 2.24) is 10.2 Å². The van der Waals surface area contributed by atoms with E-state index in [4.69, 9.17) is 10.5 Å². The second-order valence-electron chi connectivity index (χ2n) is 7.55. The van der Waals surface area contributed by atoms with Gasteiger partial charge in [-0.25, -0.2) is 0 Å². The van der Waals surface area contributed by atoms with Crippen molar-refractivity contribution in [2.24, 2.45) is 5.73 Å². The van der Waals surface area contributed by atoms with Gasteiger partial charge in [-0.2, -0.15) is 0 Å². The van der Waals surface area contributed by atoms with Crippen molar-refractivity contribution in [1.29, 1.82) is 0 Å². The van der Waals surface area contributed by atoms with Crippen molar-refractivity contribution >= 4 is 5.91 Å². The molecule has 0 unspecified atom stereocenters. The molecule has 22 heavy (non-hydrogen) atoms. The average molecular weight is 311 g/mol. The van der Waals surface area contributed by atoms with Crippen LogP contribution in [0.5, 0.6) is 0 Å². The molecule has 0 bridgehead atoms. The van der Waals surface area contributed by atoms with Gasteiger partial charge >= 0.3 is 0 Å². The third-order valence-electron chi connectivity index (χ3n) is 5.25. The van der Waals surface area contributed by atoms with E-state index in [-0.39, 0.29) is 23.1 Å². The van der Waals surface area contributed by atoms with Crippen LogP contribution >= 0.6 is 0 Å². The van der Waals surface area contributed by atoms with Gasteiger partial charge in [0.2, 0.25) is 5.91 Å². The van der Waals surface area contributed by atoms with Crippen LogP contribution in [0, 0.1) is 0 Å². The summed E-state index contributed by atoms with van der Waals surface area (Å²) >= 11 is 0. The molecule has 5 nitrogen and oxygen atoms in total. The van der Waals surface area contributed by atoms with E-state index in [2.05, 4.69) is 24.1 Å². The van der Waals surface area contributed by atoms with E-state index in [1.807, 2.05) is 6.92 Å². The Morgan fingerprint density at radius 1 is 1.32 bits per heavy atom. The summed E-state index contributed by atoms with van der Waals surface area (Å²) in [5.41, 5.74) is 5.83. The van der Waals surface area contributed by atoms with Crippen molar-refractivity contribution in [3.63, 3.8) is 0 Å². The number of amides is 1.